The van der Waals surface area contributed by atoms with E-state index >= 15 is 0 Å². The van der Waals surface area contributed by atoms with E-state index in [4.69, 9.17) is 4.74 Å². The number of hydrogen-bond acceptors (Lipinski definition) is 3. The van der Waals surface area contributed by atoms with Crippen LogP contribution in [-0.4, -0.2) is 16.6 Å². The molecule has 1 saturated carbocycles. The molecule has 0 spiro atoms. The topological polar surface area (TPSA) is 61.7 Å². The lowest BCUT2D eigenvalue weighted by Crippen LogP contribution is -2.04. The van der Waals surface area contributed by atoms with Crippen molar-refractivity contribution in [1.82, 2.24) is 9.97 Å². The van der Waals surface area contributed by atoms with E-state index in [0.717, 1.165) is 48.7 Å². The Kier molecular flexibility index (Phi) is 2.02. The number of rotatable bonds is 2. The monoisotopic (exact) mass is 251 g/mol. The van der Waals surface area contributed by atoms with Crippen LogP contribution in [0.25, 0.3) is 11.3 Å². The summed E-state index contributed by atoms with van der Waals surface area (Å²) in [7, 11) is 0. The lowest BCUT2D eigenvalue weighted by Gasteiger charge is -2.03. The van der Waals surface area contributed by atoms with Crippen molar-refractivity contribution in [1.29, 1.82) is 5.26 Å². The fourth-order valence-corrected chi connectivity index (χ4v) is 2.59. The van der Waals surface area contributed by atoms with Crippen molar-refractivity contribution in [3.05, 3.63) is 35.8 Å². The molecule has 4 rings (SSSR count). The SMILES string of the molecule is N#CC1(c2ncc(-c3ccc4c(c3)CCO4)[nH]2)CC1. The van der Waals surface area contributed by atoms with Crippen molar-refractivity contribution in [3.8, 4) is 23.1 Å². The van der Waals surface area contributed by atoms with Crippen LogP contribution in [0.3, 0.4) is 0 Å². The molecule has 0 radical (unpaired) electrons. The van der Waals surface area contributed by atoms with Gasteiger partial charge in [-0.2, -0.15) is 5.26 Å². The summed E-state index contributed by atoms with van der Waals surface area (Å²) in [4.78, 5) is 7.68. The standard InChI is InChI=1S/C15H13N3O/c16-9-15(4-5-15)14-17-8-12(18-14)10-1-2-13-11(7-10)3-6-19-13/h1-2,7-8H,3-6H2,(H,17,18). The molecule has 2 aromatic rings. The molecule has 4 nitrogen and oxygen atoms in total. The minimum Gasteiger partial charge on any atom is -0.493 e. The zero-order valence-electron chi connectivity index (χ0n) is 10.4. The molecule has 0 unspecified atom stereocenters. The summed E-state index contributed by atoms with van der Waals surface area (Å²) in [6.07, 6.45) is 4.61. The van der Waals surface area contributed by atoms with Crippen LogP contribution in [0.5, 0.6) is 5.75 Å². The molecule has 0 amide bonds. The first-order valence-electron chi connectivity index (χ1n) is 6.54. The number of nitrogens with zero attached hydrogens (tertiary/aromatic N) is 2. The lowest BCUT2D eigenvalue weighted by molar-refractivity contribution is 0.357. The molecule has 1 aromatic heterocycles. The van der Waals surface area contributed by atoms with Crippen molar-refractivity contribution in [3.63, 3.8) is 0 Å². The van der Waals surface area contributed by atoms with Gasteiger partial charge in [-0.15, -0.1) is 0 Å². The van der Waals surface area contributed by atoms with Gasteiger partial charge in [0.2, 0.25) is 0 Å². The summed E-state index contributed by atoms with van der Waals surface area (Å²) in [5, 5.41) is 9.19. The average molecular weight is 251 g/mol. The normalized spacial score (nSPS) is 18.5. The maximum Gasteiger partial charge on any atom is 0.127 e. The van der Waals surface area contributed by atoms with Gasteiger partial charge in [0, 0.05) is 12.0 Å². The second-order valence-corrected chi connectivity index (χ2v) is 5.26. The maximum atomic E-state index is 9.19. The van der Waals surface area contributed by atoms with E-state index in [9.17, 15) is 5.26 Å². The van der Waals surface area contributed by atoms with Crippen LogP contribution in [0.1, 0.15) is 24.2 Å². The van der Waals surface area contributed by atoms with E-state index in [2.05, 4.69) is 22.1 Å². The number of ether oxygens (including phenoxy) is 1. The zero-order valence-corrected chi connectivity index (χ0v) is 10.4. The van der Waals surface area contributed by atoms with Gasteiger partial charge in [-0.3, -0.25) is 0 Å². The molecule has 1 fully saturated rings. The van der Waals surface area contributed by atoms with Gasteiger partial charge in [0.25, 0.3) is 0 Å². The van der Waals surface area contributed by atoms with Gasteiger partial charge in [0.1, 0.15) is 17.0 Å². The summed E-state index contributed by atoms with van der Waals surface area (Å²) in [6, 6.07) is 8.55. The highest BCUT2D eigenvalue weighted by atomic mass is 16.5. The van der Waals surface area contributed by atoms with E-state index in [0.29, 0.717) is 0 Å². The number of imidazole rings is 1. The minimum atomic E-state index is -0.349. The Balaban J connectivity index is 1.72. The number of H-pyrrole nitrogens is 1. The second-order valence-electron chi connectivity index (χ2n) is 5.26. The smallest absolute Gasteiger partial charge is 0.127 e. The Morgan fingerprint density at radius 1 is 1.37 bits per heavy atom. The van der Waals surface area contributed by atoms with Crippen LogP contribution in [0.4, 0.5) is 0 Å². The number of nitriles is 1. The molecule has 1 aromatic carbocycles. The highest BCUT2D eigenvalue weighted by molar-refractivity contribution is 5.62. The molecule has 1 N–H and O–H groups in total. The molecule has 94 valence electrons. The molecular formula is C15H13N3O. The van der Waals surface area contributed by atoms with Crippen molar-refractivity contribution >= 4 is 0 Å². The quantitative estimate of drug-likeness (QED) is 0.892. The van der Waals surface area contributed by atoms with Gasteiger partial charge in [0.05, 0.1) is 24.6 Å². The zero-order chi connectivity index (χ0) is 12.9. The van der Waals surface area contributed by atoms with E-state index in [-0.39, 0.29) is 5.41 Å². The van der Waals surface area contributed by atoms with E-state index in [1.54, 1.807) is 0 Å². The van der Waals surface area contributed by atoms with E-state index in [1.807, 2.05) is 18.3 Å². The molecule has 1 aliphatic heterocycles. The van der Waals surface area contributed by atoms with Crippen molar-refractivity contribution in [2.75, 3.05) is 6.61 Å². The number of hydrogen-bond donors (Lipinski definition) is 1. The molecule has 0 saturated heterocycles. The minimum absolute atomic E-state index is 0.349. The molecule has 2 heterocycles. The van der Waals surface area contributed by atoms with Crippen LogP contribution in [0.2, 0.25) is 0 Å². The third-order valence-corrected chi connectivity index (χ3v) is 3.99. The van der Waals surface area contributed by atoms with Gasteiger partial charge < -0.3 is 9.72 Å². The van der Waals surface area contributed by atoms with Crippen LogP contribution in [0, 0.1) is 11.3 Å². The van der Waals surface area contributed by atoms with Gasteiger partial charge in [-0.1, -0.05) is 0 Å². The summed E-state index contributed by atoms with van der Waals surface area (Å²) in [6.45, 7) is 0.768. The van der Waals surface area contributed by atoms with Crippen LogP contribution >= 0.6 is 0 Å². The number of aromatic nitrogens is 2. The largest absolute Gasteiger partial charge is 0.493 e. The number of fused-ring (bicyclic) bond motifs is 1. The third-order valence-electron chi connectivity index (χ3n) is 3.99. The molecule has 19 heavy (non-hydrogen) atoms. The van der Waals surface area contributed by atoms with Crippen molar-refractivity contribution in [2.45, 2.75) is 24.7 Å². The average Bonchev–Trinajstić information content (AvgIpc) is 2.90. The molecule has 4 heteroatoms. The summed E-state index contributed by atoms with van der Waals surface area (Å²) in [5.74, 6) is 1.79. The second kappa shape index (κ2) is 3.61. The summed E-state index contributed by atoms with van der Waals surface area (Å²) >= 11 is 0. The predicted octanol–water partition coefficient (Wildman–Crippen LogP) is 2.57. The van der Waals surface area contributed by atoms with E-state index < -0.39 is 0 Å². The first-order valence-corrected chi connectivity index (χ1v) is 6.54. The Morgan fingerprint density at radius 3 is 3.05 bits per heavy atom. The van der Waals surface area contributed by atoms with Gasteiger partial charge in [-0.25, -0.2) is 4.98 Å². The molecule has 2 aliphatic rings. The van der Waals surface area contributed by atoms with Crippen LogP contribution < -0.4 is 4.74 Å². The van der Waals surface area contributed by atoms with Crippen LogP contribution in [-0.2, 0) is 11.8 Å². The van der Waals surface area contributed by atoms with Crippen molar-refractivity contribution < 1.29 is 4.74 Å². The fourth-order valence-electron chi connectivity index (χ4n) is 2.59. The maximum absolute atomic E-state index is 9.19. The highest BCUT2D eigenvalue weighted by Crippen LogP contribution is 2.46. The molecule has 0 atom stereocenters. The Morgan fingerprint density at radius 2 is 2.26 bits per heavy atom. The molecule has 1 aliphatic carbocycles. The number of benzene rings is 1. The van der Waals surface area contributed by atoms with Gasteiger partial charge >= 0.3 is 0 Å². The summed E-state index contributed by atoms with van der Waals surface area (Å²) in [5.41, 5.74) is 2.98. The van der Waals surface area contributed by atoms with Crippen molar-refractivity contribution in [2.24, 2.45) is 0 Å². The Hall–Kier alpha value is -2.28. The van der Waals surface area contributed by atoms with E-state index in [1.165, 1.54) is 5.56 Å². The number of nitrogens with one attached hydrogen (secondary N) is 1. The summed E-state index contributed by atoms with van der Waals surface area (Å²) < 4.78 is 5.51. The first-order chi connectivity index (χ1) is 9.31. The lowest BCUT2D eigenvalue weighted by atomic mass is 10.1. The first kappa shape index (κ1) is 10.6. The predicted molar refractivity (Wildman–Crippen MR) is 69.7 cm³/mol. The van der Waals surface area contributed by atoms with Crippen LogP contribution in [0.15, 0.2) is 24.4 Å². The molecular weight excluding hydrogens is 238 g/mol. The molecule has 0 bridgehead atoms. The number of aromatic amines is 1. The Labute approximate surface area is 111 Å². The van der Waals surface area contributed by atoms with Gasteiger partial charge in [0.15, 0.2) is 0 Å². The highest BCUT2D eigenvalue weighted by Gasteiger charge is 2.47. The third kappa shape index (κ3) is 1.55. The fraction of sp³-hybridized carbons (Fsp3) is 0.333. The Bertz CT molecular complexity index is 692. The van der Waals surface area contributed by atoms with Gasteiger partial charge in [-0.05, 0) is 36.6 Å².